The van der Waals surface area contributed by atoms with Gasteiger partial charge in [-0.05, 0) is 71.9 Å². The first-order valence-corrected chi connectivity index (χ1v) is 23.9. The molecule has 0 aliphatic carbocycles. The van der Waals surface area contributed by atoms with E-state index < -0.39 is 37.9 Å². The Balaban J connectivity index is 1.36. The Kier molecular flexibility index (Phi) is 11.1. The van der Waals surface area contributed by atoms with Crippen molar-refractivity contribution in [3.8, 4) is 0 Å². The first kappa shape index (κ1) is 41.5. The number of fused-ring (bicyclic) bond motifs is 8. The van der Waals surface area contributed by atoms with Gasteiger partial charge in [-0.2, -0.15) is 0 Å². The van der Waals surface area contributed by atoms with Crippen LogP contribution in [0.5, 0.6) is 0 Å². The molecule has 2 unspecified atom stereocenters. The van der Waals surface area contributed by atoms with Crippen LogP contribution in [0, 0.1) is 0 Å². The van der Waals surface area contributed by atoms with Crippen LogP contribution >= 0.6 is 11.6 Å². The Morgan fingerprint density at radius 3 is 1.57 bits per heavy atom. The third-order valence-corrected chi connectivity index (χ3v) is 19.1. The number of hydrogen-bond donors (Lipinski definition) is 1. The lowest BCUT2D eigenvalue weighted by Crippen LogP contribution is -2.67. The summed E-state index contributed by atoms with van der Waals surface area (Å²) in [5, 5.41) is 2.26. The van der Waals surface area contributed by atoms with E-state index in [0.717, 1.165) is 64.0 Å². The van der Waals surface area contributed by atoms with Crippen molar-refractivity contribution in [2.75, 3.05) is 26.2 Å². The molecule has 2 N–H and O–H groups in total. The van der Waals surface area contributed by atoms with Gasteiger partial charge >= 0.3 is 5.97 Å². The number of amides is 5. The van der Waals surface area contributed by atoms with E-state index in [0.29, 0.717) is 44.6 Å². The number of ether oxygens (including phenoxy) is 1. The fourth-order valence-corrected chi connectivity index (χ4v) is 16.6. The standard InChI is InChI=1S/C46H50ClN5O7Si/c1-5-49(6-2)38(51-40(53)16-17-41(51)54)24-28-12-14-32-36(22-28)60(20-10-9-11-21-60)37-23-29(25-39(50(7-3)8-4)52-42(55)18-19-43(52)56)13-15-33(37)46(32)34-26-31(44(48)57)35(47)27-30(34)45(58)59-46/h12-19,22-23,26-27,38-39H,5-11,20-21,24-25H2,1-4H3,(H2,48,57). The van der Waals surface area contributed by atoms with Crippen LogP contribution in [0.3, 0.4) is 0 Å². The van der Waals surface area contributed by atoms with Gasteiger partial charge in [0.25, 0.3) is 23.6 Å². The summed E-state index contributed by atoms with van der Waals surface area (Å²) >= 11 is 6.58. The molecule has 0 saturated carbocycles. The van der Waals surface area contributed by atoms with E-state index in [9.17, 15) is 28.8 Å². The van der Waals surface area contributed by atoms with E-state index in [1.54, 1.807) is 6.07 Å². The summed E-state index contributed by atoms with van der Waals surface area (Å²) in [5.74, 6) is -2.69. The highest BCUT2D eigenvalue weighted by Gasteiger charge is 2.59. The summed E-state index contributed by atoms with van der Waals surface area (Å²) in [7, 11) is -2.72. The molecule has 2 atom stereocenters. The van der Waals surface area contributed by atoms with Crippen molar-refractivity contribution in [2.24, 2.45) is 5.73 Å². The molecule has 5 amide bonds. The molecule has 5 heterocycles. The molecule has 5 aliphatic heterocycles. The summed E-state index contributed by atoms with van der Waals surface area (Å²) in [6, 6.07) is 17.5. The molecule has 14 heteroatoms. The van der Waals surface area contributed by atoms with Gasteiger partial charge in [-0.3, -0.25) is 43.6 Å². The minimum atomic E-state index is -2.72. The van der Waals surface area contributed by atoms with Gasteiger partial charge in [0.15, 0.2) is 5.60 Å². The number of primary amides is 1. The second kappa shape index (κ2) is 16.0. The fourth-order valence-electron chi connectivity index (χ4n) is 10.6. The average molecular weight is 848 g/mol. The molecule has 12 nitrogen and oxygen atoms in total. The van der Waals surface area contributed by atoms with Gasteiger partial charge in [0.1, 0.15) is 8.07 Å². The number of rotatable bonds is 13. The monoisotopic (exact) mass is 847 g/mol. The highest BCUT2D eigenvalue weighted by molar-refractivity contribution is 7.03. The third kappa shape index (κ3) is 6.48. The number of imide groups is 2. The third-order valence-electron chi connectivity index (χ3n) is 13.5. The predicted molar refractivity (Wildman–Crippen MR) is 229 cm³/mol. The summed E-state index contributed by atoms with van der Waals surface area (Å²) in [5.41, 5.74) is 8.72. The Labute approximate surface area is 356 Å². The second-order valence-electron chi connectivity index (χ2n) is 16.3. The van der Waals surface area contributed by atoms with Crippen molar-refractivity contribution in [1.82, 2.24) is 19.6 Å². The largest absolute Gasteiger partial charge is 0.441 e. The topological polar surface area (TPSA) is 151 Å². The van der Waals surface area contributed by atoms with Crippen LogP contribution in [0.25, 0.3) is 0 Å². The summed E-state index contributed by atoms with van der Waals surface area (Å²) < 4.78 is 6.69. The molecule has 60 heavy (non-hydrogen) atoms. The average Bonchev–Trinajstić information content (AvgIpc) is 3.86. The Morgan fingerprint density at radius 1 is 0.700 bits per heavy atom. The van der Waals surface area contributed by atoms with E-state index in [4.69, 9.17) is 22.1 Å². The first-order chi connectivity index (χ1) is 28.8. The van der Waals surface area contributed by atoms with E-state index in [1.807, 2.05) is 52.0 Å². The van der Waals surface area contributed by atoms with Crippen molar-refractivity contribution in [2.45, 2.75) is 89.8 Å². The zero-order valence-corrected chi connectivity index (χ0v) is 36.2. The zero-order chi connectivity index (χ0) is 42.7. The number of carbonyl (C=O) groups is 6. The highest BCUT2D eigenvalue weighted by Crippen LogP contribution is 2.51. The summed E-state index contributed by atoms with van der Waals surface area (Å²) in [6.45, 7) is 10.5. The number of esters is 1. The van der Waals surface area contributed by atoms with Crippen LogP contribution in [0.2, 0.25) is 17.1 Å². The number of nitrogens with two attached hydrogens (primary N) is 1. The summed E-state index contributed by atoms with van der Waals surface area (Å²) in [6.07, 6.45) is 8.08. The van der Waals surface area contributed by atoms with E-state index in [1.165, 1.54) is 40.2 Å². The van der Waals surface area contributed by atoms with Crippen LogP contribution < -0.4 is 16.1 Å². The Hall–Kier alpha value is -5.21. The normalized spacial score (nSPS) is 21.1. The van der Waals surface area contributed by atoms with Gasteiger partial charge in [-0.1, -0.05) is 95.0 Å². The van der Waals surface area contributed by atoms with E-state index >= 15 is 0 Å². The number of nitrogens with zero attached hydrogens (tertiary/aromatic N) is 4. The number of likely N-dealkylation sites (N-methyl/N-ethyl adjacent to an activating group) is 2. The van der Waals surface area contributed by atoms with Crippen molar-refractivity contribution in [1.29, 1.82) is 0 Å². The van der Waals surface area contributed by atoms with Crippen LogP contribution in [0.4, 0.5) is 0 Å². The van der Waals surface area contributed by atoms with Crippen molar-refractivity contribution < 1.29 is 33.5 Å². The maximum Gasteiger partial charge on any atom is 0.340 e. The predicted octanol–water partition coefficient (Wildman–Crippen LogP) is 4.23. The molecular formula is C46H50ClN5O7Si. The lowest BCUT2D eigenvalue weighted by atomic mass is 9.78. The molecule has 1 fully saturated rings. The van der Waals surface area contributed by atoms with Gasteiger partial charge in [0.05, 0.1) is 28.5 Å². The molecule has 3 aromatic carbocycles. The van der Waals surface area contributed by atoms with E-state index in [2.05, 4.69) is 21.9 Å². The Bertz CT molecular complexity index is 2250. The molecule has 1 saturated heterocycles. The van der Waals surface area contributed by atoms with Crippen LogP contribution in [0.15, 0.2) is 72.8 Å². The number of carbonyl (C=O) groups excluding carboxylic acids is 6. The van der Waals surface area contributed by atoms with Crippen LogP contribution in [0.1, 0.15) is 95.5 Å². The maximum absolute atomic E-state index is 14.1. The molecule has 8 rings (SSSR count). The molecule has 5 aliphatic rings. The zero-order valence-electron chi connectivity index (χ0n) is 34.5. The van der Waals surface area contributed by atoms with Crippen molar-refractivity contribution in [3.05, 3.63) is 117 Å². The fraction of sp³-hybridized carbons (Fsp3) is 0.391. The lowest BCUT2D eigenvalue weighted by Gasteiger charge is -2.48. The Morgan fingerprint density at radius 2 is 1.15 bits per heavy atom. The minimum absolute atomic E-state index is 0.0567. The molecule has 2 spiro atoms. The van der Waals surface area contributed by atoms with Crippen molar-refractivity contribution in [3.63, 3.8) is 0 Å². The summed E-state index contributed by atoms with van der Waals surface area (Å²) in [4.78, 5) is 86.5. The SMILES string of the molecule is CCN(CC)C(Cc1ccc2c(c1)[Si]1(CCCCC1)c1cc(CC(N(CC)CC)N3C(=O)C=CC3=O)ccc1C21OC(=O)c2cc(Cl)c(C(N)=O)cc21)N1C(=O)C=CC1=O. The minimum Gasteiger partial charge on any atom is -0.441 e. The van der Waals surface area contributed by atoms with Crippen molar-refractivity contribution >= 4 is 65.6 Å². The molecule has 0 bridgehead atoms. The molecule has 3 aromatic rings. The lowest BCUT2D eigenvalue weighted by molar-refractivity contribution is -0.145. The van der Waals surface area contributed by atoms with Crippen LogP contribution in [-0.4, -0.2) is 102 Å². The quantitative estimate of drug-likeness (QED) is 0.152. The molecule has 0 radical (unpaired) electrons. The van der Waals surface area contributed by atoms with Gasteiger partial charge in [0.2, 0.25) is 5.91 Å². The molecule has 312 valence electrons. The van der Waals surface area contributed by atoms with Gasteiger partial charge in [-0.15, -0.1) is 0 Å². The van der Waals surface area contributed by atoms with Gasteiger partial charge < -0.3 is 10.5 Å². The smallest absolute Gasteiger partial charge is 0.340 e. The van der Waals surface area contributed by atoms with Gasteiger partial charge in [0, 0.05) is 53.8 Å². The van der Waals surface area contributed by atoms with Gasteiger partial charge in [-0.25, -0.2) is 4.79 Å². The maximum atomic E-state index is 14.1. The number of hydrogen-bond acceptors (Lipinski definition) is 9. The van der Waals surface area contributed by atoms with Crippen LogP contribution in [-0.2, 0) is 42.4 Å². The second-order valence-corrected chi connectivity index (χ2v) is 20.9. The number of benzene rings is 3. The van der Waals surface area contributed by atoms with E-state index in [-0.39, 0.29) is 39.8 Å². The first-order valence-electron chi connectivity index (χ1n) is 21.1. The number of halogens is 1. The highest BCUT2D eigenvalue weighted by atomic mass is 35.5. The molecular weight excluding hydrogens is 798 g/mol. The molecule has 0 aromatic heterocycles.